The zero-order chi connectivity index (χ0) is 16.7. The van der Waals surface area contributed by atoms with Gasteiger partial charge < -0.3 is 15.4 Å². The van der Waals surface area contributed by atoms with Crippen molar-refractivity contribution in [2.75, 3.05) is 30.3 Å². The van der Waals surface area contributed by atoms with E-state index in [1.54, 1.807) is 12.1 Å². The third-order valence-electron chi connectivity index (χ3n) is 3.56. The second-order valence-corrected chi connectivity index (χ2v) is 5.04. The highest BCUT2D eigenvalue weighted by Gasteiger charge is 2.02. The molecule has 0 aliphatic carbocycles. The van der Waals surface area contributed by atoms with Gasteiger partial charge in [-0.3, -0.25) is 0 Å². The van der Waals surface area contributed by atoms with E-state index in [0.29, 0.717) is 18.0 Å². The largest absolute Gasteiger partial charge is 0.492 e. The number of nitrogens with two attached hydrogens (primary N) is 1. The summed E-state index contributed by atoms with van der Waals surface area (Å²) in [6, 6.07) is 13.5. The first-order valence-corrected chi connectivity index (χ1v) is 7.97. The van der Waals surface area contributed by atoms with Crippen molar-refractivity contribution < 1.29 is 4.74 Å². The van der Waals surface area contributed by atoms with Gasteiger partial charge in [0, 0.05) is 24.8 Å². The number of nitrogens with zero attached hydrogens (tertiary/aromatic N) is 3. The molecule has 0 bridgehead atoms. The number of benzene rings is 2. The van der Waals surface area contributed by atoms with Crippen LogP contribution in [0.4, 0.5) is 22.7 Å². The Morgan fingerprint density at radius 1 is 0.913 bits per heavy atom. The first-order valence-electron chi connectivity index (χ1n) is 7.97. The molecule has 0 spiro atoms. The van der Waals surface area contributed by atoms with Crippen LogP contribution in [0.1, 0.15) is 20.8 Å². The molecule has 0 unspecified atom stereocenters. The molecule has 5 nitrogen and oxygen atoms in total. The molecular weight excluding hydrogens is 288 g/mol. The molecule has 2 aromatic rings. The van der Waals surface area contributed by atoms with Gasteiger partial charge in [0.05, 0.1) is 23.7 Å². The van der Waals surface area contributed by atoms with Crippen molar-refractivity contribution in [1.29, 1.82) is 0 Å². The van der Waals surface area contributed by atoms with E-state index in [9.17, 15) is 0 Å². The molecule has 0 saturated carbocycles. The van der Waals surface area contributed by atoms with Crippen LogP contribution < -0.4 is 15.4 Å². The van der Waals surface area contributed by atoms with Crippen LogP contribution in [-0.2, 0) is 0 Å². The van der Waals surface area contributed by atoms with Crippen molar-refractivity contribution in [3.05, 3.63) is 42.5 Å². The maximum Gasteiger partial charge on any atom is 0.144 e. The molecule has 0 aliphatic rings. The number of rotatable bonds is 7. The van der Waals surface area contributed by atoms with Crippen LogP contribution in [0.25, 0.3) is 0 Å². The number of hydrogen-bond donors (Lipinski definition) is 1. The molecule has 23 heavy (non-hydrogen) atoms. The lowest BCUT2D eigenvalue weighted by Crippen LogP contribution is -2.21. The minimum atomic E-state index is 0.567. The van der Waals surface area contributed by atoms with Crippen molar-refractivity contribution in [3.63, 3.8) is 0 Å². The Morgan fingerprint density at radius 3 is 2.13 bits per heavy atom. The van der Waals surface area contributed by atoms with Gasteiger partial charge in [-0.2, -0.15) is 10.2 Å². The number of hydrogen-bond acceptors (Lipinski definition) is 5. The summed E-state index contributed by atoms with van der Waals surface area (Å²) in [5.41, 5.74) is 9.19. The summed E-state index contributed by atoms with van der Waals surface area (Å²) in [4.78, 5) is 2.29. The maximum absolute atomic E-state index is 5.85. The van der Waals surface area contributed by atoms with Crippen molar-refractivity contribution in [1.82, 2.24) is 0 Å². The summed E-state index contributed by atoms with van der Waals surface area (Å²) in [6.07, 6.45) is 0. The fourth-order valence-electron chi connectivity index (χ4n) is 2.30. The molecule has 0 atom stereocenters. The number of anilines is 2. The van der Waals surface area contributed by atoms with Gasteiger partial charge in [-0.05, 0) is 57.2 Å². The van der Waals surface area contributed by atoms with Crippen molar-refractivity contribution in [3.8, 4) is 5.75 Å². The lowest BCUT2D eigenvalue weighted by atomic mass is 10.2. The average molecular weight is 312 g/mol. The summed E-state index contributed by atoms with van der Waals surface area (Å²) in [5, 5.41) is 8.52. The standard InChI is InChI=1S/C18H24N4O/c1-4-22(5-2)16-10-7-14(8-11-16)20-21-15-9-12-17(19)18(13-15)23-6-3/h7-13H,4-6,19H2,1-3H3. The van der Waals surface area contributed by atoms with Gasteiger partial charge in [0.25, 0.3) is 0 Å². The summed E-state index contributed by atoms with van der Waals surface area (Å²) in [7, 11) is 0. The molecule has 0 aliphatic heterocycles. The zero-order valence-electron chi connectivity index (χ0n) is 14.0. The molecule has 2 aromatic carbocycles. The van der Waals surface area contributed by atoms with Gasteiger partial charge in [0.2, 0.25) is 0 Å². The van der Waals surface area contributed by atoms with Crippen LogP contribution >= 0.6 is 0 Å². The molecule has 0 heterocycles. The molecule has 0 amide bonds. The van der Waals surface area contributed by atoms with Gasteiger partial charge in [-0.25, -0.2) is 0 Å². The first kappa shape index (κ1) is 16.8. The Bertz CT molecular complexity index is 649. The normalized spacial score (nSPS) is 10.9. The second kappa shape index (κ2) is 8.17. The van der Waals surface area contributed by atoms with Crippen LogP contribution in [0.2, 0.25) is 0 Å². The minimum Gasteiger partial charge on any atom is -0.492 e. The fourth-order valence-corrected chi connectivity index (χ4v) is 2.30. The van der Waals surface area contributed by atoms with Crippen LogP contribution in [0.5, 0.6) is 5.75 Å². The Balaban J connectivity index is 2.12. The third-order valence-corrected chi connectivity index (χ3v) is 3.56. The quantitative estimate of drug-likeness (QED) is 0.582. The van der Waals surface area contributed by atoms with Crippen molar-refractivity contribution >= 4 is 22.7 Å². The van der Waals surface area contributed by atoms with E-state index in [1.807, 2.05) is 25.1 Å². The third kappa shape index (κ3) is 4.45. The van der Waals surface area contributed by atoms with Gasteiger partial charge in [0.15, 0.2) is 0 Å². The molecule has 0 aromatic heterocycles. The SMILES string of the molecule is CCOc1cc(N=Nc2ccc(N(CC)CC)cc2)ccc1N. The summed E-state index contributed by atoms with van der Waals surface area (Å²) in [5.74, 6) is 0.640. The molecule has 2 rings (SSSR count). The second-order valence-electron chi connectivity index (χ2n) is 5.04. The highest BCUT2D eigenvalue weighted by molar-refractivity contribution is 5.59. The van der Waals surface area contributed by atoms with E-state index in [0.717, 1.165) is 24.5 Å². The van der Waals surface area contributed by atoms with E-state index in [1.165, 1.54) is 5.69 Å². The smallest absolute Gasteiger partial charge is 0.144 e. The molecule has 0 radical (unpaired) electrons. The number of azo groups is 1. The van der Waals surface area contributed by atoms with Crippen molar-refractivity contribution in [2.45, 2.75) is 20.8 Å². The highest BCUT2D eigenvalue weighted by Crippen LogP contribution is 2.28. The Morgan fingerprint density at radius 2 is 1.52 bits per heavy atom. The van der Waals surface area contributed by atoms with Crippen molar-refractivity contribution in [2.24, 2.45) is 10.2 Å². The molecule has 122 valence electrons. The van der Waals surface area contributed by atoms with E-state index in [-0.39, 0.29) is 0 Å². The van der Waals surface area contributed by atoms with E-state index < -0.39 is 0 Å². The van der Waals surface area contributed by atoms with Crippen LogP contribution in [0.3, 0.4) is 0 Å². The zero-order valence-corrected chi connectivity index (χ0v) is 14.0. The lowest BCUT2D eigenvalue weighted by Gasteiger charge is -2.20. The predicted molar refractivity (Wildman–Crippen MR) is 96.2 cm³/mol. The average Bonchev–Trinajstić information content (AvgIpc) is 2.58. The van der Waals surface area contributed by atoms with E-state index >= 15 is 0 Å². The maximum atomic E-state index is 5.85. The molecular formula is C18H24N4O. The van der Waals surface area contributed by atoms with Gasteiger partial charge >= 0.3 is 0 Å². The monoisotopic (exact) mass is 312 g/mol. The minimum absolute atomic E-state index is 0.567. The van der Waals surface area contributed by atoms with Crippen LogP contribution in [-0.4, -0.2) is 19.7 Å². The number of nitrogen functional groups attached to an aromatic ring is 1. The number of ether oxygens (including phenoxy) is 1. The van der Waals surface area contributed by atoms with Gasteiger partial charge in [-0.1, -0.05) is 0 Å². The first-order chi connectivity index (χ1) is 11.2. The molecule has 5 heteroatoms. The van der Waals surface area contributed by atoms with E-state index in [2.05, 4.69) is 41.1 Å². The highest BCUT2D eigenvalue weighted by atomic mass is 16.5. The van der Waals surface area contributed by atoms with E-state index in [4.69, 9.17) is 10.5 Å². The van der Waals surface area contributed by atoms with Gasteiger partial charge in [-0.15, -0.1) is 0 Å². The lowest BCUT2D eigenvalue weighted by molar-refractivity contribution is 0.342. The van der Waals surface area contributed by atoms with Gasteiger partial charge in [0.1, 0.15) is 5.75 Å². The molecule has 0 fully saturated rings. The summed E-state index contributed by atoms with van der Waals surface area (Å²) in [6.45, 7) is 8.76. The summed E-state index contributed by atoms with van der Waals surface area (Å²) < 4.78 is 5.46. The van der Waals surface area contributed by atoms with Crippen LogP contribution in [0.15, 0.2) is 52.7 Å². The predicted octanol–water partition coefficient (Wildman–Crippen LogP) is 4.93. The Hall–Kier alpha value is -2.56. The topological polar surface area (TPSA) is 63.2 Å². The molecule has 2 N–H and O–H groups in total. The van der Waals surface area contributed by atoms with Crippen LogP contribution in [0, 0.1) is 0 Å². The molecule has 0 saturated heterocycles. The fraction of sp³-hybridized carbons (Fsp3) is 0.333. The summed E-state index contributed by atoms with van der Waals surface area (Å²) >= 11 is 0. The Kier molecular flexibility index (Phi) is 5.97. The Labute approximate surface area is 137 Å².